The number of benzene rings is 1. The van der Waals surface area contributed by atoms with E-state index < -0.39 is 49.5 Å². The van der Waals surface area contributed by atoms with E-state index in [2.05, 4.69) is 15.4 Å². The zero-order valence-corrected chi connectivity index (χ0v) is 24.9. The van der Waals surface area contributed by atoms with Crippen LogP contribution in [-0.4, -0.2) is 62.4 Å². The molecule has 1 aliphatic carbocycles. The Labute approximate surface area is 244 Å². The van der Waals surface area contributed by atoms with Gasteiger partial charge in [0, 0.05) is 17.5 Å². The summed E-state index contributed by atoms with van der Waals surface area (Å²) in [5, 5.41) is 15.4. The fourth-order valence-electron chi connectivity index (χ4n) is 4.74. The smallest absolute Gasteiger partial charge is 0.746 e. The quantitative estimate of drug-likeness (QED) is 0.167. The number of amides is 2. The maximum atomic E-state index is 13.3. The molecule has 1 saturated carbocycles. The van der Waals surface area contributed by atoms with Crippen LogP contribution in [0.15, 0.2) is 29.2 Å². The SMILES string of the molecule is O=C1NCC[C@H]1C[C@H](NC(=O)[C@H](CC1CCCCC1)NS(=O)(=O)c1ccc(Cl)cc1)C(O)S(=O)(=O)[O-].[Na+]. The molecule has 15 heteroatoms. The Kier molecular flexibility index (Phi) is 12.3. The summed E-state index contributed by atoms with van der Waals surface area (Å²) >= 11 is 5.84. The number of hydrogen-bond donors (Lipinski definition) is 4. The van der Waals surface area contributed by atoms with Gasteiger partial charge in [0.15, 0.2) is 5.44 Å². The van der Waals surface area contributed by atoms with Gasteiger partial charge >= 0.3 is 29.6 Å². The molecule has 2 fully saturated rings. The third-order valence-corrected chi connectivity index (χ3v) is 9.36. The van der Waals surface area contributed by atoms with Crippen molar-refractivity contribution in [1.29, 1.82) is 0 Å². The Balaban J connectivity index is 0.00000481. The first-order chi connectivity index (χ1) is 16.9. The van der Waals surface area contributed by atoms with Crippen LogP contribution >= 0.6 is 11.6 Å². The molecule has 2 aliphatic rings. The van der Waals surface area contributed by atoms with Crippen LogP contribution in [0.4, 0.5) is 0 Å². The van der Waals surface area contributed by atoms with Gasteiger partial charge in [-0.15, -0.1) is 0 Å². The minimum Gasteiger partial charge on any atom is -0.746 e. The first-order valence-corrected chi connectivity index (χ1v) is 15.2. The number of aliphatic hydroxyl groups excluding tert-OH is 1. The molecule has 1 unspecified atom stereocenters. The van der Waals surface area contributed by atoms with E-state index in [1.807, 2.05) is 0 Å². The van der Waals surface area contributed by atoms with E-state index >= 15 is 0 Å². The van der Waals surface area contributed by atoms with Gasteiger partial charge in [-0.1, -0.05) is 43.7 Å². The van der Waals surface area contributed by atoms with Crippen molar-refractivity contribution in [1.82, 2.24) is 15.4 Å². The van der Waals surface area contributed by atoms with Crippen LogP contribution in [0.3, 0.4) is 0 Å². The number of rotatable bonds is 11. The monoisotopic (exact) mass is 587 g/mol. The molecule has 0 spiro atoms. The number of hydrogen-bond acceptors (Lipinski definition) is 8. The van der Waals surface area contributed by atoms with Gasteiger partial charge in [0.1, 0.15) is 16.2 Å². The second-order valence-corrected chi connectivity index (χ2v) is 13.0. The van der Waals surface area contributed by atoms with E-state index in [4.69, 9.17) is 11.6 Å². The summed E-state index contributed by atoms with van der Waals surface area (Å²) in [5.74, 6) is -1.93. The fraction of sp³-hybridized carbons (Fsp3) is 0.636. The van der Waals surface area contributed by atoms with Crippen molar-refractivity contribution in [3.8, 4) is 0 Å². The number of halogens is 1. The largest absolute Gasteiger partial charge is 1.00 e. The van der Waals surface area contributed by atoms with Crippen LogP contribution < -0.4 is 44.9 Å². The number of aliphatic hydroxyl groups is 1. The Bertz CT molecular complexity index is 1140. The van der Waals surface area contributed by atoms with E-state index in [9.17, 15) is 36.1 Å². The number of carbonyl (C=O) groups excluding carboxylic acids is 2. The van der Waals surface area contributed by atoms with Gasteiger partial charge in [-0.2, -0.15) is 4.72 Å². The Morgan fingerprint density at radius 2 is 1.70 bits per heavy atom. The second-order valence-electron chi connectivity index (χ2n) is 9.38. The zero-order valence-electron chi connectivity index (χ0n) is 20.6. The average Bonchev–Trinajstić information content (AvgIpc) is 3.22. The number of nitrogens with one attached hydrogen (secondary N) is 3. The van der Waals surface area contributed by atoms with Gasteiger partial charge < -0.3 is 20.3 Å². The number of sulfonamides is 1. The molecule has 4 atom stereocenters. The molecular weight excluding hydrogens is 557 g/mol. The molecule has 11 nitrogen and oxygen atoms in total. The molecule has 1 aromatic carbocycles. The van der Waals surface area contributed by atoms with Crippen molar-refractivity contribution >= 4 is 43.6 Å². The maximum absolute atomic E-state index is 13.3. The van der Waals surface area contributed by atoms with Crippen LogP contribution in [0.25, 0.3) is 0 Å². The normalized spacial score (nSPS) is 21.4. The third kappa shape index (κ3) is 9.43. The molecule has 1 aliphatic heterocycles. The van der Waals surface area contributed by atoms with E-state index in [-0.39, 0.29) is 59.1 Å². The molecule has 0 bridgehead atoms. The van der Waals surface area contributed by atoms with Crippen LogP contribution in [-0.2, 0) is 29.7 Å². The summed E-state index contributed by atoms with van der Waals surface area (Å²) in [6.07, 6.45) is 4.72. The molecule has 0 aromatic heterocycles. The molecule has 4 N–H and O–H groups in total. The summed E-state index contributed by atoms with van der Waals surface area (Å²) in [5.41, 5.74) is -2.50. The molecule has 1 saturated heterocycles. The van der Waals surface area contributed by atoms with E-state index in [1.165, 1.54) is 24.3 Å². The minimum atomic E-state index is -5.23. The maximum Gasteiger partial charge on any atom is 1.00 e. The van der Waals surface area contributed by atoms with Gasteiger partial charge in [-0.3, -0.25) is 9.59 Å². The van der Waals surface area contributed by atoms with Gasteiger partial charge in [0.05, 0.1) is 10.9 Å². The first kappa shape index (κ1) is 32.4. The molecule has 37 heavy (non-hydrogen) atoms. The molecule has 1 aromatic rings. The summed E-state index contributed by atoms with van der Waals surface area (Å²) in [4.78, 5) is 25.2. The van der Waals surface area contributed by atoms with Crippen molar-refractivity contribution in [2.45, 2.75) is 73.8 Å². The molecule has 1 heterocycles. The topological polar surface area (TPSA) is 182 Å². The Morgan fingerprint density at radius 3 is 2.24 bits per heavy atom. The van der Waals surface area contributed by atoms with Gasteiger partial charge in [-0.05, 0) is 49.4 Å². The van der Waals surface area contributed by atoms with Crippen LogP contribution in [0.1, 0.15) is 51.4 Å². The standard InChI is InChI=1S/C22H32ClN3O8S2.Na/c23-16-6-8-17(9-7-16)35(30,31)26-18(12-14-4-2-1-3-5-14)21(28)25-19(22(29)36(32,33)34)13-15-10-11-24-20(15)27;/h6-9,14-15,18-19,22,26,29H,1-5,10-13H2,(H,24,27)(H,25,28)(H,32,33,34);/q;+1/p-1/t15-,18-,19-,22?;/m0./s1. The van der Waals surface area contributed by atoms with Crippen LogP contribution in [0.5, 0.6) is 0 Å². The van der Waals surface area contributed by atoms with Crippen molar-refractivity contribution in [3.63, 3.8) is 0 Å². The van der Waals surface area contributed by atoms with Crippen molar-refractivity contribution in [2.75, 3.05) is 6.54 Å². The summed E-state index contributed by atoms with van der Waals surface area (Å²) < 4.78 is 63.1. The van der Waals surface area contributed by atoms with Crippen molar-refractivity contribution < 1.29 is 65.6 Å². The van der Waals surface area contributed by atoms with Gasteiger partial charge in [0.25, 0.3) is 0 Å². The van der Waals surface area contributed by atoms with Crippen molar-refractivity contribution in [3.05, 3.63) is 29.3 Å². The van der Waals surface area contributed by atoms with Gasteiger partial charge in [0.2, 0.25) is 21.8 Å². The van der Waals surface area contributed by atoms with E-state index in [0.29, 0.717) is 18.0 Å². The Morgan fingerprint density at radius 1 is 1.08 bits per heavy atom. The van der Waals surface area contributed by atoms with Gasteiger partial charge in [-0.25, -0.2) is 16.8 Å². The predicted molar refractivity (Wildman–Crippen MR) is 130 cm³/mol. The predicted octanol–water partition coefficient (Wildman–Crippen LogP) is -2.16. The zero-order chi connectivity index (χ0) is 26.5. The molecule has 2 amide bonds. The summed E-state index contributed by atoms with van der Waals surface area (Å²) in [6, 6.07) is 2.47. The van der Waals surface area contributed by atoms with Crippen LogP contribution in [0, 0.1) is 11.8 Å². The fourth-order valence-corrected chi connectivity index (χ4v) is 6.66. The average molecular weight is 588 g/mol. The molecular formula is C22H31ClN3NaO8S2. The van der Waals surface area contributed by atoms with E-state index in [1.54, 1.807) is 0 Å². The minimum absolute atomic E-state index is 0. The van der Waals surface area contributed by atoms with Crippen LogP contribution in [0.2, 0.25) is 5.02 Å². The van der Waals surface area contributed by atoms with E-state index in [0.717, 1.165) is 32.1 Å². The number of carbonyl (C=O) groups is 2. The summed E-state index contributed by atoms with van der Waals surface area (Å²) in [6.45, 7) is 0.343. The third-order valence-electron chi connectivity index (χ3n) is 6.70. The molecule has 0 radical (unpaired) electrons. The molecule has 3 rings (SSSR count). The van der Waals surface area contributed by atoms with Crippen molar-refractivity contribution in [2.24, 2.45) is 11.8 Å². The molecule has 202 valence electrons. The first-order valence-electron chi connectivity index (χ1n) is 11.9. The Hall–Kier alpha value is -0.770. The summed E-state index contributed by atoms with van der Waals surface area (Å²) in [7, 11) is -9.40. The second kappa shape index (κ2) is 14.0.